The van der Waals surface area contributed by atoms with Crippen molar-refractivity contribution in [2.45, 2.75) is 26.7 Å². The van der Waals surface area contributed by atoms with Gasteiger partial charge in [0.1, 0.15) is 5.69 Å². The van der Waals surface area contributed by atoms with Crippen LogP contribution in [0.2, 0.25) is 0 Å². The minimum atomic E-state index is -0.0580. The average Bonchev–Trinajstić information content (AvgIpc) is 2.67. The van der Waals surface area contributed by atoms with Crippen molar-refractivity contribution in [3.63, 3.8) is 0 Å². The second-order valence-electron chi connectivity index (χ2n) is 7.13. The first kappa shape index (κ1) is 17.9. The van der Waals surface area contributed by atoms with E-state index >= 15 is 0 Å². The van der Waals surface area contributed by atoms with Crippen LogP contribution in [0, 0.1) is 5.92 Å². The van der Waals surface area contributed by atoms with Gasteiger partial charge in [-0.1, -0.05) is 13.8 Å². The van der Waals surface area contributed by atoms with Gasteiger partial charge in [0.2, 0.25) is 0 Å². The zero-order valence-corrected chi connectivity index (χ0v) is 15.3. The maximum absolute atomic E-state index is 12.7. The second kappa shape index (κ2) is 7.95. The predicted molar refractivity (Wildman–Crippen MR) is 96.6 cm³/mol. The molecule has 25 heavy (non-hydrogen) atoms. The Balaban J connectivity index is 1.67. The highest BCUT2D eigenvalue weighted by atomic mass is 16.2. The molecular formula is C19H28N4O2. The molecule has 136 valence electrons. The number of piperazine rings is 1. The van der Waals surface area contributed by atoms with E-state index in [0.29, 0.717) is 17.2 Å². The highest BCUT2D eigenvalue weighted by Gasteiger charge is 2.25. The maximum atomic E-state index is 12.7. The van der Waals surface area contributed by atoms with Crippen LogP contribution in [0.5, 0.6) is 0 Å². The standard InChI is InChI=1S/C19H28N4O2/c1-3-21-10-12-23(13-11-21)18(24)16-4-7-20-17(14-16)19(25)22-8-5-15(2)6-9-22/h4,7,14-15H,3,5-6,8-13H2,1-2H3. The summed E-state index contributed by atoms with van der Waals surface area (Å²) in [6.07, 6.45) is 3.65. The lowest BCUT2D eigenvalue weighted by Crippen LogP contribution is -2.48. The third kappa shape index (κ3) is 4.18. The SMILES string of the molecule is CCN1CCN(C(=O)c2ccnc(C(=O)N3CCC(C)CC3)c2)CC1. The maximum Gasteiger partial charge on any atom is 0.272 e. The normalized spacial score (nSPS) is 19.9. The highest BCUT2D eigenvalue weighted by molar-refractivity contribution is 5.98. The topological polar surface area (TPSA) is 56.8 Å². The Morgan fingerprint density at radius 3 is 2.32 bits per heavy atom. The summed E-state index contributed by atoms with van der Waals surface area (Å²) in [7, 11) is 0. The molecule has 2 amide bonds. The number of carbonyl (C=O) groups is 2. The number of hydrogen-bond acceptors (Lipinski definition) is 4. The minimum Gasteiger partial charge on any atom is -0.337 e. The second-order valence-corrected chi connectivity index (χ2v) is 7.13. The van der Waals surface area contributed by atoms with Gasteiger partial charge in [-0.25, -0.2) is 0 Å². The molecule has 0 saturated carbocycles. The van der Waals surface area contributed by atoms with Gasteiger partial charge >= 0.3 is 0 Å². The van der Waals surface area contributed by atoms with Gasteiger partial charge in [-0.05, 0) is 37.4 Å². The van der Waals surface area contributed by atoms with E-state index in [0.717, 1.165) is 58.7 Å². The number of likely N-dealkylation sites (N-methyl/N-ethyl adjacent to an activating group) is 1. The van der Waals surface area contributed by atoms with Crippen LogP contribution in [0.4, 0.5) is 0 Å². The van der Waals surface area contributed by atoms with Gasteiger partial charge in [-0.2, -0.15) is 0 Å². The lowest BCUT2D eigenvalue weighted by atomic mass is 9.99. The molecule has 0 atom stereocenters. The molecule has 0 spiro atoms. The molecule has 0 unspecified atom stereocenters. The number of likely N-dealkylation sites (tertiary alicyclic amines) is 1. The summed E-state index contributed by atoms with van der Waals surface area (Å²) in [6, 6.07) is 3.37. The van der Waals surface area contributed by atoms with Crippen LogP contribution in [-0.4, -0.2) is 77.3 Å². The van der Waals surface area contributed by atoms with Gasteiger partial charge in [0, 0.05) is 51.0 Å². The lowest BCUT2D eigenvalue weighted by Gasteiger charge is -2.34. The number of carbonyl (C=O) groups excluding carboxylic acids is 2. The zero-order chi connectivity index (χ0) is 17.8. The van der Waals surface area contributed by atoms with E-state index in [1.165, 1.54) is 0 Å². The Morgan fingerprint density at radius 2 is 1.68 bits per heavy atom. The van der Waals surface area contributed by atoms with E-state index in [4.69, 9.17) is 0 Å². The summed E-state index contributed by atoms with van der Waals surface area (Å²) in [6.45, 7) is 10.2. The molecule has 2 aliphatic rings. The van der Waals surface area contributed by atoms with Crippen molar-refractivity contribution in [1.82, 2.24) is 19.7 Å². The van der Waals surface area contributed by atoms with Gasteiger partial charge in [0.15, 0.2) is 0 Å². The molecule has 0 aromatic carbocycles. The first-order chi connectivity index (χ1) is 12.1. The fraction of sp³-hybridized carbons (Fsp3) is 0.632. The Hall–Kier alpha value is -1.95. The Morgan fingerprint density at radius 1 is 1.04 bits per heavy atom. The van der Waals surface area contributed by atoms with Crippen LogP contribution in [0.15, 0.2) is 18.3 Å². The van der Waals surface area contributed by atoms with E-state index in [-0.39, 0.29) is 11.8 Å². The third-order valence-corrected chi connectivity index (χ3v) is 5.40. The molecule has 1 aromatic heterocycles. The van der Waals surface area contributed by atoms with Gasteiger partial charge < -0.3 is 14.7 Å². The zero-order valence-electron chi connectivity index (χ0n) is 15.3. The molecule has 3 rings (SSSR count). The van der Waals surface area contributed by atoms with Crippen molar-refractivity contribution in [2.24, 2.45) is 5.92 Å². The minimum absolute atomic E-state index is 0.000491. The van der Waals surface area contributed by atoms with Crippen molar-refractivity contribution in [2.75, 3.05) is 45.8 Å². The molecule has 0 radical (unpaired) electrons. The van der Waals surface area contributed by atoms with Crippen LogP contribution in [0.25, 0.3) is 0 Å². The molecule has 0 aliphatic carbocycles. The molecule has 3 heterocycles. The first-order valence-corrected chi connectivity index (χ1v) is 9.35. The van der Waals surface area contributed by atoms with E-state index in [1.807, 2.05) is 9.80 Å². The summed E-state index contributed by atoms with van der Waals surface area (Å²) < 4.78 is 0. The predicted octanol–water partition coefficient (Wildman–Crippen LogP) is 1.73. The first-order valence-electron chi connectivity index (χ1n) is 9.35. The fourth-order valence-corrected chi connectivity index (χ4v) is 3.50. The van der Waals surface area contributed by atoms with Gasteiger partial charge in [-0.15, -0.1) is 0 Å². The quantitative estimate of drug-likeness (QED) is 0.838. The molecule has 0 N–H and O–H groups in total. The summed E-state index contributed by atoms with van der Waals surface area (Å²) >= 11 is 0. The number of nitrogens with zero attached hydrogens (tertiary/aromatic N) is 4. The Kier molecular flexibility index (Phi) is 5.68. The molecule has 6 nitrogen and oxygen atoms in total. The van der Waals surface area contributed by atoms with Crippen molar-refractivity contribution in [1.29, 1.82) is 0 Å². The lowest BCUT2D eigenvalue weighted by molar-refractivity contribution is 0.0643. The molecule has 6 heteroatoms. The summed E-state index contributed by atoms with van der Waals surface area (Å²) in [5, 5.41) is 0. The van der Waals surface area contributed by atoms with Crippen molar-refractivity contribution in [3.05, 3.63) is 29.6 Å². The van der Waals surface area contributed by atoms with Crippen LogP contribution in [0.1, 0.15) is 47.5 Å². The average molecular weight is 344 g/mol. The van der Waals surface area contributed by atoms with Gasteiger partial charge in [0.05, 0.1) is 0 Å². The van der Waals surface area contributed by atoms with Crippen LogP contribution in [-0.2, 0) is 0 Å². The fourth-order valence-electron chi connectivity index (χ4n) is 3.50. The smallest absolute Gasteiger partial charge is 0.272 e. The summed E-state index contributed by atoms with van der Waals surface area (Å²) in [5.74, 6) is 0.614. The molecular weight excluding hydrogens is 316 g/mol. The molecule has 2 fully saturated rings. The van der Waals surface area contributed by atoms with Crippen molar-refractivity contribution in [3.8, 4) is 0 Å². The van der Waals surface area contributed by atoms with E-state index < -0.39 is 0 Å². The molecule has 2 aliphatic heterocycles. The third-order valence-electron chi connectivity index (χ3n) is 5.40. The largest absolute Gasteiger partial charge is 0.337 e. The molecule has 2 saturated heterocycles. The van der Waals surface area contributed by atoms with E-state index in [2.05, 4.69) is 23.7 Å². The van der Waals surface area contributed by atoms with Crippen molar-refractivity contribution >= 4 is 11.8 Å². The number of piperidine rings is 1. The van der Waals surface area contributed by atoms with E-state index in [1.54, 1.807) is 18.3 Å². The molecule has 1 aromatic rings. The number of amides is 2. The Bertz CT molecular complexity index is 618. The van der Waals surface area contributed by atoms with Gasteiger partial charge in [0.25, 0.3) is 11.8 Å². The van der Waals surface area contributed by atoms with Crippen LogP contribution >= 0.6 is 0 Å². The summed E-state index contributed by atoms with van der Waals surface area (Å²) in [5.41, 5.74) is 0.946. The number of rotatable bonds is 3. The van der Waals surface area contributed by atoms with Crippen molar-refractivity contribution < 1.29 is 9.59 Å². The number of pyridine rings is 1. The highest BCUT2D eigenvalue weighted by Crippen LogP contribution is 2.18. The Labute approximate surface area is 149 Å². The molecule has 0 bridgehead atoms. The van der Waals surface area contributed by atoms with Crippen LogP contribution < -0.4 is 0 Å². The van der Waals surface area contributed by atoms with E-state index in [9.17, 15) is 9.59 Å². The monoisotopic (exact) mass is 344 g/mol. The number of aromatic nitrogens is 1. The van der Waals surface area contributed by atoms with Crippen LogP contribution in [0.3, 0.4) is 0 Å². The number of hydrogen-bond donors (Lipinski definition) is 0. The summed E-state index contributed by atoms with van der Waals surface area (Å²) in [4.78, 5) is 35.7. The van der Waals surface area contributed by atoms with Gasteiger partial charge in [-0.3, -0.25) is 14.6 Å².